The van der Waals surface area contributed by atoms with Gasteiger partial charge in [-0.1, -0.05) is 60.7 Å². The van der Waals surface area contributed by atoms with E-state index in [-0.39, 0.29) is 5.91 Å². The summed E-state index contributed by atoms with van der Waals surface area (Å²) in [5, 5.41) is 14.4. The van der Waals surface area contributed by atoms with E-state index in [1.165, 1.54) is 17.9 Å². The van der Waals surface area contributed by atoms with Crippen LogP contribution in [0.3, 0.4) is 0 Å². The molecule has 1 unspecified atom stereocenters. The van der Waals surface area contributed by atoms with E-state index >= 15 is 0 Å². The van der Waals surface area contributed by atoms with Crippen molar-refractivity contribution in [1.82, 2.24) is 5.32 Å². The number of rotatable bonds is 6. The largest absolute Gasteiger partial charge is 0.372 e. The van der Waals surface area contributed by atoms with Crippen molar-refractivity contribution in [3.63, 3.8) is 0 Å². The number of hydrogen-bond donors (Lipinski definition) is 3. The number of aliphatic hydroxyl groups is 1. The molecular weight excluding hydrogens is 312 g/mol. The monoisotopic (exact) mass is 339 g/mol. The van der Waals surface area contributed by atoms with E-state index in [2.05, 4.69) is 12.2 Å². The molecule has 132 valence electrons. The molecule has 1 heterocycles. The molecule has 1 fully saturated rings. The first kappa shape index (κ1) is 17.6. The first-order chi connectivity index (χ1) is 12.2. The van der Waals surface area contributed by atoms with Gasteiger partial charge in [0.2, 0.25) is 0 Å². The summed E-state index contributed by atoms with van der Waals surface area (Å²) in [5.41, 5.74) is -0.498. The van der Waals surface area contributed by atoms with E-state index in [9.17, 15) is 9.90 Å². The summed E-state index contributed by atoms with van der Waals surface area (Å²) in [6, 6.07) is 18.8. The number of carbonyl (C=O) groups excluding carboxylic acids is 1. The Labute approximate surface area is 149 Å². The molecule has 0 spiro atoms. The first-order valence-electron chi connectivity index (χ1n) is 9.12. The molecule has 1 saturated heterocycles. The van der Waals surface area contributed by atoms with Crippen molar-refractivity contribution in [2.75, 3.05) is 19.6 Å². The van der Waals surface area contributed by atoms with Gasteiger partial charge >= 0.3 is 0 Å². The van der Waals surface area contributed by atoms with Crippen LogP contribution in [-0.2, 0) is 10.4 Å². The van der Waals surface area contributed by atoms with E-state index in [1.54, 1.807) is 24.3 Å². The van der Waals surface area contributed by atoms with Crippen molar-refractivity contribution < 1.29 is 14.8 Å². The number of benzene rings is 2. The first-order valence-corrected chi connectivity index (χ1v) is 9.12. The SMILES string of the molecule is CC[NH+]1CCC[C@@H]1CNC(=O)C(O)(c1ccccc1)c1ccccc1. The molecule has 2 aromatic carbocycles. The Morgan fingerprint density at radius 3 is 2.20 bits per heavy atom. The predicted molar refractivity (Wildman–Crippen MR) is 98.3 cm³/mol. The Hall–Kier alpha value is -2.17. The molecular formula is C21H27N2O2+. The quantitative estimate of drug-likeness (QED) is 0.738. The fourth-order valence-electron chi connectivity index (χ4n) is 3.83. The molecule has 0 aromatic heterocycles. The van der Waals surface area contributed by atoms with E-state index in [1.807, 2.05) is 36.4 Å². The van der Waals surface area contributed by atoms with Crippen LogP contribution in [0, 0.1) is 0 Å². The number of likely N-dealkylation sites (N-methyl/N-ethyl adjacent to an activating group) is 1. The predicted octanol–water partition coefficient (Wildman–Crippen LogP) is 1.11. The number of hydrogen-bond acceptors (Lipinski definition) is 2. The van der Waals surface area contributed by atoms with Crippen molar-refractivity contribution in [1.29, 1.82) is 0 Å². The summed E-state index contributed by atoms with van der Waals surface area (Å²) in [6.07, 6.45) is 2.32. The molecule has 2 aromatic rings. The van der Waals surface area contributed by atoms with Crippen molar-refractivity contribution in [3.8, 4) is 0 Å². The summed E-state index contributed by atoms with van der Waals surface area (Å²) in [6.45, 7) is 5.02. The lowest BCUT2D eigenvalue weighted by Crippen LogP contribution is -3.14. The van der Waals surface area contributed by atoms with Crippen LogP contribution < -0.4 is 10.2 Å². The molecule has 0 radical (unpaired) electrons. The van der Waals surface area contributed by atoms with Crippen LogP contribution in [0.15, 0.2) is 60.7 Å². The van der Waals surface area contributed by atoms with Gasteiger partial charge in [-0.05, 0) is 18.1 Å². The van der Waals surface area contributed by atoms with Crippen LogP contribution in [0.4, 0.5) is 0 Å². The molecule has 25 heavy (non-hydrogen) atoms. The maximum Gasteiger partial charge on any atom is 0.261 e. The number of likely N-dealkylation sites (tertiary alicyclic amines) is 1. The van der Waals surface area contributed by atoms with Gasteiger partial charge in [0, 0.05) is 12.8 Å². The lowest BCUT2D eigenvalue weighted by molar-refractivity contribution is -0.909. The minimum atomic E-state index is -1.67. The second-order valence-corrected chi connectivity index (χ2v) is 6.75. The van der Waals surface area contributed by atoms with Crippen LogP contribution >= 0.6 is 0 Å². The van der Waals surface area contributed by atoms with Gasteiger partial charge in [-0.3, -0.25) is 4.79 Å². The highest BCUT2D eigenvalue weighted by Crippen LogP contribution is 2.29. The zero-order valence-electron chi connectivity index (χ0n) is 14.7. The number of nitrogens with one attached hydrogen (secondary N) is 2. The lowest BCUT2D eigenvalue weighted by Gasteiger charge is -2.29. The molecule has 1 aliphatic heterocycles. The molecule has 1 aliphatic rings. The lowest BCUT2D eigenvalue weighted by atomic mass is 9.85. The van der Waals surface area contributed by atoms with Gasteiger partial charge in [0.25, 0.3) is 5.91 Å². The fourth-order valence-corrected chi connectivity index (χ4v) is 3.83. The highest BCUT2D eigenvalue weighted by molar-refractivity contribution is 5.90. The summed E-state index contributed by atoms with van der Waals surface area (Å²) < 4.78 is 0. The zero-order valence-corrected chi connectivity index (χ0v) is 14.7. The second kappa shape index (κ2) is 7.81. The average Bonchev–Trinajstić information content (AvgIpc) is 3.14. The standard InChI is InChI=1S/C21H26N2O2/c1-2-23-15-9-14-19(23)16-22-20(24)21(25,17-10-5-3-6-11-17)18-12-7-4-8-13-18/h3-8,10-13,19,25H,2,9,14-16H2,1H3,(H,22,24)/p+1/t19-/m1/s1. The maximum atomic E-state index is 13.0. The third-order valence-electron chi connectivity index (χ3n) is 5.30. The molecule has 1 amide bonds. The van der Waals surface area contributed by atoms with Gasteiger partial charge in [-0.25, -0.2) is 0 Å². The third kappa shape index (κ3) is 3.60. The van der Waals surface area contributed by atoms with Crippen LogP contribution in [-0.4, -0.2) is 36.7 Å². The summed E-state index contributed by atoms with van der Waals surface area (Å²) in [4.78, 5) is 14.6. The molecule has 3 N–H and O–H groups in total. The Bertz CT molecular complexity index is 648. The van der Waals surface area contributed by atoms with Crippen molar-refractivity contribution >= 4 is 5.91 Å². The van der Waals surface area contributed by atoms with Gasteiger partial charge in [-0.2, -0.15) is 0 Å². The zero-order chi connectivity index (χ0) is 17.7. The third-order valence-corrected chi connectivity index (χ3v) is 5.30. The van der Waals surface area contributed by atoms with Gasteiger partial charge in [0.05, 0.1) is 19.6 Å². The van der Waals surface area contributed by atoms with Gasteiger partial charge in [0.1, 0.15) is 6.04 Å². The number of carbonyl (C=O) groups is 1. The van der Waals surface area contributed by atoms with Crippen LogP contribution in [0.25, 0.3) is 0 Å². The Balaban J connectivity index is 1.83. The van der Waals surface area contributed by atoms with Crippen LogP contribution in [0.5, 0.6) is 0 Å². The maximum absolute atomic E-state index is 13.0. The molecule has 2 atom stereocenters. The normalized spacial score (nSPS) is 20.4. The van der Waals surface area contributed by atoms with Crippen molar-refractivity contribution in [2.45, 2.75) is 31.4 Å². The van der Waals surface area contributed by atoms with E-state index in [4.69, 9.17) is 0 Å². The summed E-state index contributed by atoms with van der Waals surface area (Å²) >= 11 is 0. The van der Waals surface area contributed by atoms with Crippen LogP contribution in [0.1, 0.15) is 30.9 Å². The molecule has 0 aliphatic carbocycles. The van der Waals surface area contributed by atoms with Gasteiger partial charge < -0.3 is 15.3 Å². The molecule has 4 nitrogen and oxygen atoms in total. The topological polar surface area (TPSA) is 53.8 Å². The average molecular weight is 339 g/mol. The van der Waals surface area contributed by atoms with Crippen molar-refractivity contribution in [3.05, 3.63) is 71.8 Å². The Morgan fingerprint density at radius 1 is 1.12 bits per heavy atom. The molecule has 0 saturated carbocycles. The number of quaternary nitrogens is 1. The minimum absolute atomic E-state index is 0.354. The van der Waals surface area contributed by atoms with E-state index in [0.717, 1.165) is 13.0 Å². The Morgan fingerprint density at radius 2 is 1.68 bits per heavy atom. The van der Waals surface area contributed by atoms with Crippen molar-refractivity contribution in [2.24, 2.45) is 0 Å². The highest BCUT2D eigenvalue weighted by Gasteiger charge is 2.40. The van der Waals surface area contributed by atoms with E-state index in [0.29, 0.717) is 23.7 Å². The highest BCUT2D eigenvalue weighted by atomic mass is 16.3. The molecule has 3 rings (SSSR count). The molecule has 4 heteroatoms. The minimum Gasteiger partial charge on any atom is -0.372 e. The smallest absolute Gasteiger partial charge is 0.261 e. The van der Waals surface area contributed by atoms with Crippen LogP contribution in [0.2, 0.25) is 0 Å². The number of amides is 1. The van der Waals surface area contributed by atoms with E-state index < -0.39 is 5.60 Å². The van der Waals surface area contributed by atoms with Gasteiger partial charge in [0.15, 0.2) is 5.60 Å². The van der Waals surface area contributed by atoms with Gasteiger partial charge in [-0.15, -0.1) is 0 Å². The summed E-state index contributed by atoms with van der Waals surface area (Å²) in [7, 11) is 0. The Kier molecular flexibility index (Phi) is 5.51. The second-order valence-electron chi connectivity index (χ2n) is 6.75. The summed E-state index contributed by atoms with van der Waals surface area (Å²) in [5.74, 6) is -0.354. The fraction of sp³-hybridized carbons (Fsp3) is 0.381. The molecule has 0 bridgehead atoms.